The molecule has 3 aliphatic heterocycles. The monoisotopic (exact) mass is 275 g/mol. The van der Waals surface area contributed by atoms with Gasteiger partial charge in [0.25, 0.3) is 5.69 Å². The van der Waals surface area contributed by atoms with Crippen LogP contribution in [0.3, 0.4) is 0 Å². The highest BCUT2D eigenvalue weighted by molar-refractivity contribution is 5.89. The van der Waals surface area contributed by atoms with E-state index < -0.39 is 4.92 Å². The van der Waals surface area contributed by atoms with E-state index in [1.165, 1.54) is 38.1 Å². The molecule has 3 saturated heterocycles. The van der Waals surface area contributed by atoms with Crippen molar-refractivity contribution < 1.29 is 9.76 Å². The summed E-state index contributed by atoms with van der Waals surface area (Å²) >= 11 is 0. The third-order valence-corrected chi connectivity index (χ3v) is 4.00. The fourth-order valence-electron chi connectivity index (χ4n) is 2.79. The van der Waals surface area contributed by atoms with Crippen molar-refractivity contribution in [1.29, 1.82) is 0 Å². The summed E-state index contributed by atoms with van der Waals surface area (Å²) in [6.45, 7) is 3.62. The second kappa shape index (κ2) is 5.58. The average molecular weight is 275 g/mol. The molecule has 1 aromatic rings. The molecule has 0 amide bonds. The first-order valence-electron chi connectivity index (χ1n) is 6.87. The van der Waals surface area contributed by atoms with Crippen molar-refractivity contribution >= 4 is 11.4 Å². The summed E-state index contributed by atoms with van der Waals surface area (Å²) in [5.74, 6) is 0.580. The number of rotatable bonds is 4. The van der Waals surface area contributed by atoms with Crippen molar-refractivity contribution in [2.45, 2.75) is 19.4 Å². The quantitative estimate of drug-likeness (QED) is 0.624. The first-order valence-corrected chi connectivity index (χ1v) is 6.87. The third kappa shape index (κ3) is 2.80. The minimum atomic E-state index is -0.405. The molecule has 1 aromatic carbocycles. The molecular weight excluding hydrogens is 258 g/mol. The Bertz CT molecular complexity index is 519. The zero-order chi connectivity index (χ0) is 13.9. The van der Waals surface area contributed by atoms with Crippen LogP contribution in [0.5, 0.6) is 0 Å². The number of hydrogen-bond donors (Lipinski definition) is 0. The molecular formula is C14H17N3O3. The molecule has 3 fully saturated rings. The van der Waals surface area contributed by atoms with Crippen LogP contribution in [0.15, 0.2) is 29.4 Å². The molecule has 0 aromatic heterocycles. The van der Waals surface area contributed by atoms with Gasteiger partial charge in [-0.1, -0.05) is 5.16 Å². The van der Waals surface area contributed by atoms with Crippen LogP contribution in [0.4, 0.5) is 5.69 Å². The van der Waals surface area contributed by atoms with E-state index in [0.717, 1.165) is 17.8 Å². The molecule has 0 spiro atoms. The summed E-state index contributed by atoms with van der Waals surface area (Å²) in [7, 11) is 0. The van der Waals surface area contributed by atoms with Crippen molar-refractivity contribution in [2.75, 3.05) is 19.6 Å². The van der Waals surface area contributed by atoms with Crippen LogP contribution in [0, 0.1) is 16.0 Å². The van der Waals surface area contributed by atoms with Gasteiger partial charge in [0.05, 0.1) is 10.6 Å². The van der Waals surface area contributed by atoms with Gasteiger partial charge in [0, 0.05) is 24.6 Å². The molecule has 106 valence electrons. The first kappa shape index (κ1) is 13.1. The maximum absolute atomic E-state index is 10.6. The lowest BCUT2D eigenvalue weighted by Crippen LogP contribution is -2.47. The molecule has 6 nitrogen and oxygen atoms in total. The Morgan fingerprint density at radius 2 is 2.00 bits per heavy atom. The molecule has 0 radical (unpaired) electrons. The largest absolute Gasteiger partial charge is 0.391 e. The zero-order valence-corrected chi connectivity index (χ0v) is 11.2. The van der Waals surface area contributed by atoms with Crippen LogP contribution in [0.1, 0.15) is 18.4 Å². The Balaban J connectivity index is 1.56. The van der Waals surface area contributed by atoms with Crippen LogP contribution in [0.25, 0.3) is 0 Å². The summed E-state index contributed by atoms with van der Waals surface area (Å²) in [5, 5.41) is 14.8. The lowest BCUT2D eigenvalue weighted by Gasteiger charge is -2.39. The highest BCUT2D eigenvalue weighted by Gasteiger charge is 2.31. The Morgan fingerprint density at radius 1 is 1.30 bits per heavy atom. The van der Waals surface area contributed by atoms with Gasteiger partial charge in [-0.2, -0.15) is 0 Å². The van der Waals surface area contributed by atoms with Crippen molar-refractivity contribution in [1.82, 2.24) is 4.90 Å². The van der Waals surface area contributed by atoms with E-state index in [1.54, 1.807) is 12.1 Å². The molecule has 6 heteroatoms. The Hall–Kier alpha value is -1.95. The van der Waals surface area contributed by atoms with E-state index in [-0.39, 0.29) is 5.69 Å². The average Bonchev–Trinajstić information content (AvgIpc) is 2.49. The van der Waals surface area contributed by atoms with Crippen molar-refractivity contribution in [2.24, 2.45) is 11.1 Å². The summed E-state index contributed by atoms with van der Waals surface area (Å²) in [6, 6.07) is 6.38. The van der Waals surface area contributed by atoms with E-state index in [4.69, 9.17) is 4.84 Å². The number of benzene rings is 1. The van der Waals surface area contributed by atoms with Gasteiger partial charge in [-0.05, 0) is 43.6 Å². The Labute approximate surface area is 117 Å². The first-order chi connectivity index (χ1) is 9.72. The van der Waals surface area contributed by atoms with Gasteiger partial charge in [-0.15, -0.1) is 0 Å². The van der Waals surface area contributed by atoms with Crippen molar-refractivity contribution in [3.63, 3.8) is 0 Å². The number of fused-ring (bicyclic) bond motifs is 3. The van der Waals surface area contributed by atoms with Gasteiger partial charge in [0.2, 0.25) is 0 Å². The predicted molar refractivity (Wildman–Crippen MR) is 74.5 cm³/mol. The Kier molecular flexibility index (Phi) is 3.64. The topological polar surface area (TPSA) is 68.0 Å². The molecule has 20 heavy (non-hydrogen) atoms. The molecule has 0 saturated carbocycles. The molecule has 3 heterocycles. The van der Waals surface area contributed by atoms with Crippen LogP contribution < -0.4 is 0 Å². The summed E-state index contributed by atoms with van der Waals surface area (Å²) in [5.41, 5.74) is 2.13. The maximum Gasteiger partial charge on any atom is 0.269 e. The second-order valence-electron chi connectivity index (χ2n) is 5.33. The summed E-state index contributed by atoms with van der Waals surface area (Å²) < 4.78 is 0. The number of oxime groups is 1. The lowest BCUT2D eigenvalue weighted by atomic mass is 9.87. The van der Waals surface area contributed by atoms with Crippen LogP contribution >= 0.6 is 0 Å². The van der Waals surface area contributed by atoms with Gasteiger partial charge in [0.1, 0.15) is 6.61 Å². The molecule has 0 atom stereocenters. The van der Waals surface area contributed by atoms with E-state index >= 15 is 0 Å². The van der Waals surface area contributed by atoms with Crippen molar-refractivity contribution in [3.05, 3.63) is 39.9 Å². The fourth-order valence-corrected chi connectivity index (χ4v) is 2.79. The number of nitrogens with zero attached hydrogens (tertiary/aromatic N) is 3. The van der Waals surface area contributed by atoms with Gasteiger partial charge >= 0.3 is 0 Å². The summed E-state index contributed by atoms with van der Waals surface area (Å²) in [4.78, 5) is 17.9. The number of hydrogen-bond acceptors (Lipinski definition) is 5. The Morgan fingerprint density at radius 3 is 2.55 bits per heavy atom. The lowest BCUT2D eigenvalue weighted by molar-refractivity contribution is -0.384. The summed E-state index contributed by atoms with van der Waals surface area (Å²) in [6.07, 6.45) is 2.36. The van der Waals surface area contributed by atoms with E-state index in [0.29, 0.717) is 12.5 Å². The van der Waals surface area contributed by atoms with Gasteiger partial charge in [0.15, 0.2) is 0 Å². The smallest absolute Gasteiger partial charge is 0.269 e. The maximum atomic E-state index is 10.6. The number of piperidine rings is 3. The second-order valence-corrected chi connectivity index (χ2v) is 5.33. The van der Waals surface area contributed by atoms with E-state index in [2.05, 4.69) is 10.1 Å². The fraction of sp³-hybridized carbons (Fsp3) is 0.500. The van der Waals surface area contributed by atoms with E-state index in [1.807, 2.05) is 0 Å². The molecule has 4 rings (SSSR count). The number of nitro groups is 1. The minimum Gasteiger partial charge on any atom is -0.391 e. The molecule has 0 N–H and O–H groups in total. The standard InChI is InChI=1S/C14H17N3O3/c18-17(19)13-3-1-11(2-4-13)10-20-15-14-9-16-7-5-12(14)6-8-16/h1-4,12H,5-10H2/b15-14+. The SMILES string of the molecule is O=[N+]([O-])c1ccc(CO/N=C2\CN3CCC2CC3)cc1. The zero-order valence-electron chi connectivity index (χ0n) is 11.2. The van der Waals surface area contributed by atoms with Crippen molar-refractivity contribution in [3.8, 4) is 0 Å². The highest BCUT2D eigenvalue weighted by atomic mass is 16.6. The molecule has 3 aliphatic rings. The molecule has 2 bridgehead atoms. The normalized spacial score (nSPS) is 26.7. The minimum absolute atomic E-state index is 0.0949. The number of nitro benzene ring substituents is 1. The van der Waals surface area contributed by atoms with Crippen LogP contribution in [-0.4, -0.2) is 35.2 Å². The number of non-ortho nitro benzene ring substituents is 1. The molecule has 0 unspecified atom stereocenters. The highest BCUT2D eigenvalue weighted by Crippen LogP contribution is 2.25. The molecule has 0 aliphatic carbocycles. The van der Waals surface area contributed by atoms with Gasteiger partial charge in [-0.25, -0.2) is 0 Å². The van der Waals surface area contributed by atoms with Gasteiger partial charge < -0.3 is 4.84 Å². The van der Waals surface area contributed by atoms with E-state index in [9.17, 15) is 10.1 Å². The van der Waals surface area contributed by atoms with Gasteiger partial charge in [-0.3, -0.25) is 15.0 Å². The van der Waals surface area contributed by atoms with Crippen LogP contribution in [-0.2, 0) is 11.4 Å². The third-order valence-electron chi connectivity index (χ3n) is 4.00. The van der Waals surface area contributed by atoms with Crippen LogP contribution in [0.2, 0.25) is 0 Å². The predicted octanol–water partition coefficient (Wildman–Crippen LogP) is 2.19.